The van der Waals surface area contributed by atoms with Crippen molar-refractivity contribution in [3.05, 3.63) is 41.5 Å². The van der Waals surface area contributed by atoms with Crippen LogP contribution < -0.4 is 51.4 Å². The topological polar surface area (TPSA) is 57.2 Å². The van der Waals surface area contributed by atoms with Crippen molar-refractivity contribution in [2.24, 2.45) is 0 Å². The van der Waals surface area contributed by atoms with Crippen LogP contribution in [0.1, 0.15) is 89.2 Å². The standard InChI is InChI=1S/C24H36O3S.K/c1-3-5-7-9-11-13-20-15-16-21-19-24(28(25,26)27)22(18-23(21)17-20)14-12-10-8-6-4-2;/h15-19H,3-14H2,1-2H3,(H,25,26,27);/q;+1/p-1. The van der Waals surface area contributed by atoms with Gasteiger partial charge in [0.25, 0.3) is 0 Å². The van der Waals surface area contributed by atoms with Gasteiger partial charge in [0, 0.05) is 0 Å². The summed E-state index contributed by atoms with van der Waals surface area (Å²) in [5.74, 6) is 0. The molecule has 0 heterocycles. The minimum absolute atomic E-state index is 0. The van der Waals surface area contributed by atoms with Gasteiger partial charge in [0.15, 0.2) is 0 Å². The van der Waals surface area contributed by atoms with Crippen LogP contribution in [0.4, 0.5) is 0 Å². The third kappa shape index (κ3) is 9.50. The number of fused-ring (bicyclic) bond motifs is 1. The van der Waals surface area contributed by atoms with Gasteiger partial charge in [0.1, 0.15) is 10.1 Å². The molecule has 2 aromatic carbocycles. The zero-order valence-corrected chi connectivity index (χ0v) is 22.4. The van der Waals surface area contributed by atoms with Gasteiger partial charge in [-0.05, 0) is 59.7 Å². The summed E-state index contributed by atoms with van der Waals surface area (Å²) in [4.78, 5) is -0.0391. The van der Waals surface area contributed by atoms with Crippen LogP contribution in [0.3, 0.4) is 0 Å². The molecule has 0 aliphatic heterocycles. The van der Waals surface area contributed by atoms with Crippen molar-refractivity contribution >= 4 is 20.9 Å². The molecule has 3 nitrogen and oxygen atoms in total. The zero-order valence-electron chi connectivity index (χ0n) is 18.5. The largest absolute Gasteiger partial charge is 1.00 e. The molecule has 0 atom stereocenters. The first-order valence-corrected chi connectivity index (χ1v) is 12.4. The average molecular weight is 443 g/mol. The first-order valence-electron chi connectivity index (χ1n) is 11.0. The maximum Gasteiger partial charge on any atom is 1.00 e. The summed E-state index contributed by atoms with van der Waals surface area (Å²) in [6, 6.07) is 9.69. The van der Waals surface area contributed by atoms with Crippen LogP contribution in [0.2, 0.25) is 0 Å². The fourth-order valence-corrected chi connectivity index (χ4v) is 4.56. The van der Waals surface area contributed by atoms with Crippen LogP contribution in [-0.4, -0.2) is 13.0 Å². The maximum atomic E-state index is 11.8. The molecule has 0 aliphatic rings. The van der Waals surface area contributed by atoms with Crippen molar-refractivity contribution < 1.29 is 64.4 Å². The van der Waals surface area contributed by atoms with E-state index in [1.54, 1.807) is 6.07 Å². The molecule has 2 aromatic rings. The molecule has 0 N–H and O–H groups in total. The van der Waals surface area contributed by atoms with Crippen molar-refractivity contribution in [3.63, 3.8) is 0 Å². The van der Waals surface area contributed by atoms with Crippen molar-refractivity contribution in [2.45, 2.75) is 95.8 Å². The zero-order chi connectivity index (χ0) is 20.4. The van der Waals surface area contributed by atoms with Gasteiger partial charge in [-0.1, -0.05) is 83.4 Å². The number of aryl methyl sites for hydroxylation is 2. The van der Waals surface area contributed by atoms with Crippen molar-refractivity contribution in [1.29, 1.82) is 0 Å². The Morgan fingerprint density at radius 1 is 0.724 bits per heavy atom. The molecule has 156 valence electrons. The van der Waals surface area contributed by atoms with E-state index < -0.39 is 10.1 Å². The van der Waals surface area contributed by atoms with E-state index in [2.05, 4.69) is 26.0 Å². The molecule has 0 saturated carbocycles. The molecule has 0 saturated heterocycles. The Hall–Kier alpha value is 0.246. The molecule has 0 fully saturated rings. The van der Waals surface area contributed by atoms with E-state index in [4.69, 9.17) is 0 Å². The molecule has 0 radical (unpaired) electrons. The quantitative estimate of drug-likeness (QED) is 0.269. The van der Waals surface area contributed by atoms with Gasteiger partial charge in [-0.25, -0.2) is 8.42 Å². The number of hydrogen-bond donors (Lipinski definition) is 0. The molecule has 0 aromatic heterocycles. The third-order valence-electron chi connectivity index (χ3n) is 5.47. The number of benzene rings is 2. The normalized spacial score (nSPS) is 11.6. The summed E-state index contributed by atoms with van der Waals surface area (Å²) in [5, 5.41) is 1.88. The van der Waals surface area contributed by atoms with Crippen LogP contribution in [0, 0.1) is 0 Å². The second-order valence-electron chi connectivity index (χ2n) is 7.92. The van der Waals surface area contributed by atoms with E-state index in [-0.39, 0.29) is 56.3 Å². The summed E-state index contributed by atoms with van der Waals surface area (Å²) in [7, 11) is -4.46. The molecule has 2 rings (SSSR count). The van der Waals surface area contributed by atoms with Crippen LogP contribution in [0.5, 0.6) is 0 Å². The van der Waals surface area contributed by atoms with Gasteiger partial charge in [-0.3, -0.25) is 0 Å². The Kier molecular flexibility index (Phi) is 13.5. The minimum atomic E-state index is -4.46. The Balaban J connectivity index is 0.00000420. The smallest absolute Gasteiger partial charge is 0.744 e. The van der Waals surface area contributed by atoms with Gasteiger partial charge in [0.05, 0.1) is 4.90 Å². The van der Waals surface area contributed by atoms with E-state index >= 15 is 0 Å². The third-order valence-corrected chi connectivity index (χ3v) is 6.39. The first-order chi connectivity index (χ1) is 13.5. The minimum Gasteiger partial charge on any atom is -0.744 e. The summed E-state index contributed by atoms with van der Waals surface area (Å²) in [6.45, 7) is 4.40. The van der Waals surface area contributed by atoms with Crippen LogP contribution in [0.25, 0.3) is 10.8 Å². The molecular weight excluding hydrogens is 407 g/mol. The molecule has 29 heavy (non-hydrogen) atoms. The summed E-state index contributed by atoms with van der Waals surface area (Å²) < 4.78 is 35.3. The van der Waals surface area contributed by atoms with Crippen molar-refractivity contribution in [1.82, 2.24) is 0 Å². The number of hydrogen-bond acceptors (Lipinski definition) is 3. The molecular formula is C24H35KO3S. The van der Waals surface area contributed by atoms with Crippen molar-refractivity contribution in [3.8, 4) is 0 Å². The second kappa shape index (κ2) is 14.3. The predicted octanol–water partition coefficient (Wildman–Crippen LogP) is 3.77. The summed E-state index contributed by atoms with van der Waals surface area (Å²) >= 11 is 0. The Morgan fingerprint density at radius 2 is 1.31 bits per heavy atom. The predicted molar refractivity (Wildman–Crippen MR) is 117 cm³/mol. The van der Waals surface area contributed by atoms with Gasteiger partial charge >= 0.3 is 51.4 Å². The van der Waals surface area contributed by atoms with Crippen LogP contribution >= 0.6 is 0 Å². The molecule has 5 heteroatoms. The van der Waals surface area contributed by atoms with Gasteiger partial charge in [-0.15, -0.1) is 0 Å². The van der Waals surface area contributed by atoms with Gasteiger partial charge in [-0.2, -0.15) is 0 Å². The molecule has 0 unspecified atom stereocenters. The van der Waals surface area contributed by atoms with Gasteiger partial charge in [0.2, 0.25) is 0 Å². The number of unbranched alkanes of at least 4 members (excludes halogenated alkanes) is 8. The first kappa shape index (κ1) is 27.3. The SMILES string of the molecule is CCCCCCCc1ccc2cc(S(=O)(=O)[O-])c(CCCCCCC)cc2c1.[K+]. The fourth-order valence-electron chi connectivity index (χ4n) is 3.81. The fraction of sp³-hybridized carbons (Fsp3) is 0.583. The summed E-state index contributed by atoms with van der Waals surface area (Å²) in [5.41, 5.74) is 1.97. The van der Waals surface area contributed by atoms with E-state index in [1.807, 2.05) is 12.1 Å². The molecule has 0 amide bonds. The summed E-state index contributed by atoms with van der Waals surface area (Å²) in [6.07, 6.45) is 13.5. The Labute approximate surface area is 220 Å². The maximum absolute atomic E-state index is 11.8. The van der Waals surface area contributed by atoms with Crippen LogP contribution in [-0.2, 0) is 23.0 Å². The Morgan fingerprint density at radius 3 is 1.90 bits per heavy atom. The van der Waals surface area contributed by atoms with Gasteiger partial charge < -0.3 is 4.55 Å². The molecule has 0 aliphatic carbocycles. The number of rotatable bonds is 13. The van der Waals surface area contributed by atoms with E-state index in [1.165, 1.54) is 50.5 Å². The van der Waals surface area contributed by atoms with E-state index in [0.717, 1.165) is 36.5 Å². The monoisotopic (exact) mass is 442 g/mol. The van der Waals surface area contributed by atoms with E-state index in [9.17, 15) is 13.0 Å². The molecule has 0 spiro atoms. The molecule has 0 bridgehead atoms. The van der Waals surface area contributed by atoms with Crippen LogP contribution in [0.15, 0.2) is 35.2 Å². The average Bonchev–Trinajstić information content (AvgIpc) is 2.66. The van der Waals surface area contributed by atoms with E-state index in [0.29, 0.717) is 12.0 Å². The van der Waals surface area contributed by atoms with Crippen molar-refractivity contribution in [2.75, 3.05) is 0 Å². The second-order valence-corrected chi connectivity index (χ2v) is 9.27. The Bertz CT molecular complexity index is 847.